The SMILES string of the molecule is CC.CC.CC1(C2CCC2)CCC1.CCCCCC(C)C. The summed E-state index contributed by atoms with van der Waals surface area (Å²) in [7, 11) is 0. The smallest absolute Gasteiger partial charge is 0.0298 e. The van der Waals surface area contributed by atoms with Gasteiger partial charge in [-0.05, 0) is 42.9 Å². The van der Waals surface area contributed by atoms with Crippen LogP contribution in [0.3, 0.4) is 0 Å². The summed E-state index contributed by atoms with van der Waals surface area (Å²) < 4.78 is 0. The van der Waals surface area contributed by atoms with Crippen LogP contribution in [0.2, 0.25) is 0 Å². The van der Waals surface area contributed by atoms with Crippen LogP contribution < -0.4 is 0 Å². The van der Waals surface area contributed by atoms with Crippen molar-refractivity contribution >= 4 is 0 Å². The van der Waals surface area contributed by atoms with Crippen molar-refractivity contribution in [3.8, 4) is 0 Å². The lowest BCUT2D eigenvalue weighted by Gasteiger charge is -2.49. The average molecular weight is 299 g/mol. The highest BCUT2D eigenvalue weighted by atomic mass is 14.5. The predicted octanol–water partition coefficient (Wildman–Crippen LogP) is 8.25. The van der Waals surface area contributed by atoms with Gasteiger partial charge in [-0.15, -0.1) is 0 Å². The van der Waals surface area contributed by atoms with E-state index in [1.54, 1.807) is 0 Å². The van der Waals surface area contributed by atoms with Crippen molar-refractivity contribution in [1.82, 2.24) is 0 Å². The van der Waals surface area contributed by atoms with Gasteiger partial charge in [-0.1, -0.05) is 93.9 Å². The Morgan fingerprint density at radius 1 is 0.905 bits per heavy atom. The first-order valence-electron chi connectivity index (χ1n) is 10.1. The van der Waals surface area contributed by atoms with Gasteiger partial charge in [0.05, 0.1) is 0 Å². The molecule has 0 aromatic carbocycles. The second kappa shape index (κ2) is 14.9. The Kier molecular flexibility index (Phi) is 16.5. The summed E-state index contributed by atoms with van der Waals surface area (Å²) >= 11 is 0. The first-order valence-corrected chi connectivity index (χ1v) is 10.1. The molecule has 0 N–H and O–H groups in total. The van der Waals surface area contributed by atoms with Crippen molar-refractivity contribution in [1.29, 1.82) is 0 Å². The van der Waals surface area contributed by atoms with E-state index in [-0.39, 0.29) is 0 Å². The lowest BCUT2D eigenvalue weighted by atomic mass is 9.56. The van der Waals surface area contributed by atoms with Crippen molar-refractivity contribution in [3.05, 3.63) is 0 Å². The van der Waals surface area contributed by atoms with Crippen molar-refractivity contribution < 1.29 is 0 Å². The minimum Gasteiger partial charge on any atom is -0.0683 e. The highest BCUT2D eigenvalue weighted by Gasteiger charge is 2.41. The zero-order chi connectivity index (χ0) is 16.7. The third-order valence-corrected chi connectivity index (χ3v) is 4.97. The van der Waals surface area contributed by atoms with Gasteiger partial charge in [0, 0.05) is 0 Å². The van der Waals surface area contributed by atoms with Crippen molar-refractivity contribution in [3.63, 3.8) is 0 Å². The Balaban J connectivity index is 0. The Hall–Kier alpha value is 0. The average Bonchev–Trinajstić information content (AvgIpc) is 2.40. The third kappa shape index (κ3) is 10.4. The van der Waals surface area contributed by atoms with E-state index in [0.29, 0.717) is 0 Å². The quantitative estimate of drug-likeness (QED) is 0.448. The van der Waals surface area contributed by atoms with Crippen LogP contribution in [-0.2, 0) is 0 Å². The maximum absolute atomic E-state index is 2.49. The largest absolute Gasteiger partial charge is 0.0683 e. The number of hydrogen-bond acceptors (Lipinski definition) is 0. The Labute approximate surface area is 137 Å². The molecule has 130 valence electrons. The number of hydrogen-bond donors (Lipinski definition) is 0. The van der Waals surface area contributed by atoms with Crippen molar-refractivity contribution in [2.75, 3.05) is 0 Å². The molecule has 2 fully saturated rings. The lowest BCUT2D eigenvalue weighted by molar-refractivity contribution is 0.0212. The minimum atomic E-state index is 0.818. The van der Waals surface area contributed by atoms with Crippen LogP contribution in [0.5, 0.6) is 0 Å². The third-order valence-electron chi connectivity index (χ3n) is 4.97. The molecule has 2 saturated carbocycles. The first kappa shape index (κ1) is 23.3. The molecule has 2 aliphatic carbocycles. The van der Waals surface area contributed by atoms with E-state index >= 15 is 0 Å². The molecule has 0 aliphatic heterocycles. The molecule has 0 heterocycles. The molecule has 21 heavy (non-hydrogen) atoms. The molecule has 0 unspecified atom stereocenters. The molecule has 0 bridgehead atoms. The van der Waals surface area contributed by atoms with Crippen LogP contribution in [0, 0.1) is 17.3 Å². The maximum atomic E-state index is 2.49. The van der Waals surface area contributed by atoms with E-state index in [4.69, 9.17) is 0 Å². The molecular formula is C21H46. The Morgan fingerprint density at radius 2 is 1.43 bits per heavy atom. The van der Waals surface area contributed by atoms with E-state index in [1.807, 2.05) is 27.7 Å². The van der Waals surface area contributed by atoms with E-state index in [1.165, 1.54) is 64.2 Å². The maximum Gasteiger partial charge on any atom is -0.0298 e. The molecular weight excluding hydrogens is 252 g/mol. The van der Waals surface area contributed by atoms with Gasteiger partial charge < -0.3 is 0 Å². The summed E-state index contributed by atoms with van der Waals surface area (Å²) in [5.74, 6) is 2.03. The van der Waals surface area contributed by atoms with E-state index < -0.39 is 0 Å². The standard InChI is InChI=1S/C9H16.C8H18.2C2H6/c1-9(6-3-7-9)8-4-2-5-8;1-4-5-6-7-8(2)3;2*1-2/h8H,2-7H2,1H3;8H,4-7H2,1-3H3;2*1-2H3. The molecule has 0 saturated heterocycles. The van der Waals surface area contributed by atoms with Gasteiger partial charge in [-0.25, -0.2) is 0 Å². The van der Waals surface area contributed by atoms with Crippen LogP contribution in [0.1, 0.15) is 120 Å². The molecule has 2 aliphatic rings. The van der Waals surface area contributed by atoms with Gasteiger partial charge in [0.1, 0.15) is 0 Å². The second-order valence-corrected chi connectivity index (χ2v) is 7.03. The first-order chi connectivity index (χ1) is 10.1. The summed E-state index contributed by atoms with van der Waals surface area (Å²) in [6, 6.07) is 0. The molecule has 0 amide bonds. The summed E-state index contributed by atoms with van der Waals surface area (Å²) in [6.45, 7) is 17.3. The van der Waals surface area contributed by atoms with Crippen molar-refractivity contribution in [2.45, 2.75) is 120 Å². The van der Waals surface area contributed by atoms with Gasteiger partial charge in [0.2, 0.25) is 0 Å². The summed E-state index contributed by atoms with van der Waals surface area (Å²) in [5.41, 5.74) is 0.818. The highest BCUT2D eigenvalue weighted by Crippen LogP contribution is 2.53. The van der Waals surface area contributed by atoms with Gasteiger partial charge in [0.25, 0.3) is 0 Å². The predicted molar refractivity (Wildman–Crippen MR) is 101 cm³/mol. The molecule has 0 aromatic rings. The van der Waals surface area contributed by atoms with Crippen LogP contribution in [0.4, 0.5) is 0 Å². The summed E-state index contributed by atoms with van der Waals surface area (Å²) in [5, 5.41) is 0. The highest BCUT2D eigenvalue weighted by molar-refractivity contribution is 4.92. The van der Waals surface area contributed by atoms with Crippen LogP contribution >= 0.6 is 0 Å². The fraction of sp³-hybridized carbons (Fsp3) is 1.00. The molecule has 0 heteroatoms. The zero-order valence-corrected chi connectivity index (χ0v) is 16.7. The number of unbranched alkanes of at least 4 members (excludes halogenated alkanes) is 2. The fourth-order valence-corrected chi connectivity index (χ4v) is 3.05. The van der Waals surface area contributed by atoms with E-state index in [0.717, 1.165) is 17.3 Å². The minimum absolute atomic E-state index is 0.818. The van der Waals surface area contributed by atoms with Crippen molar-refractivity contribution in [2.24, 2.45) is 17.3 Å². The van der Waals surface area contributed by atoms with Gasteiger partial charge in [-0.2, -0.15) is 0 Å². The van der Waals surface area contributed by atoms with Crippen LogP contribution in [0.15, 0.2) is 0 Å². The molecule has 0 spiro atoms. The molecule has 0 nitrogen and oxygen atoms in total. The normalized spacial score (nSPS) is 18.7. The topological polar surface area (TPSA) is 0 Å². The monoisotopic (exact) mass is 298 g/mol. The van der Waals surface area contributed by atoms with Gasteiger partial charge >= 0.3 is 0 Å². The number of rotatable bonds is 5. The van der Waals surface area contributed by atoms with E-state index in [2.05, 4.69) is 27.7 Å². The molecule has 0 atom stereocenters. The zero-order valence-electron chi connectivity index (χ0n) is 16.7. The van der Waals surface area contributed by atoms with Gasteiger partial charge in [0.15, 0.2) is 0 Å². The summed E-state index contributed by atoms with van der Waals surface area (Å²) in [4.78, 5) is 0. The Bertz CT molecular complexity index is 184. The van der Waals surface area contributed by atoms with Crippen LogP contribution in [-0.4, -0.2) is 0 Å². The molecule has 0 radical (unpaired) electrons. The fourth-order valence-electron chi connectivity index (χ4n) is 3.05. The molecule has 2 rings (SSSR count). The van der Waals surface area contributed by atoms with Gasteiger partial charge in [-0.3, -0.25) is 0 Å². The lowest BCUT2D eigenvalue weighted by Crippen LogP contribution is -2.37. The van der Waals surface area contributed by atoms with E-state index in [9.17, 15) is 0 Å². The Morgan fingerprint density at radius 3 is 1.62 bits per heavy atom. The second-order valence-electron chi connectivity index (χ2n) is 7.03. The summed E-state index contributed by atoms with van der Waals surface area (Å²) in [6.07, 6.45) is 14.8. The van der Waals surface area contributed by atoms with Crippen LogP contribution in [0.25, 0.3) is 0 Å². The molecule has 0 aromatic heterocycles.